The van der Waals surface area contributed by atoms with Gasteiger partial charge in [-0.25, -0.2) is 9.59 Å². The molecule has 0 aromatic heterocycles. The lowest BCUT2D eigenvalue weighted by molar-refractivity contribution is -0.917. The highest BCUT2D eigenvalue weighted by molar-refractivity contribution is 5.83. The summed E-state index contributed by atoms with van der Waals surface area (Å²) in [6.45, 7) is 5.82. The molecular formula is C16H24N3O3+. The minimum absolute atomic E-state index is 0.198. The zero-order chi connectivity index (χ0) is 15.9. The van der Waals surface area contributed by atoms with E-state index in [1.165, 1.54) is 17.6 Å². The lowest BCUT2D eigenvalue weighted by atomic mass is 10.2. The van der Waals surface area contributed by atoms with Crippen LogP contribution in [0.25, 0.3) is 0 Å². The van der Waals surface area contributed by atoms with Gasteiger partial charge in [0.05, 0.1) is 33.3 Å². The number of nitrogens with zero attached hydrogens (tertiary/aromatic N) is 1. The number of hydrogen-bond acceptors (Lipinski definition) is 3. The van der Waals surface area contributed by atoms with Crippen LogP contribution in [0, 0.1) is 0 Å². The quantitative estimate of drug-likeness (QED) is 0.748. The molecule has 0 unspecified atom stereocenters. The molecule has 6 heteroatoms. The highest BCUT2D eigenvalue weighted by Gasteiger charge is 2.26. The maximum Gasteiger partial charge on any atom is 0.328 e. The van der Waals surface area contributed by atoms with Gasteiger partial charge in [-0.1, -0.05) is 30.3 Å². The van der Waals surface area contributed by atoms with Gasteiger partial charge < -0.3 is 19.9 Å². The lowest BCUT2D eigenvalue weighted by Crippen LogP contribution is -3.13. The standard InChI is InChI=1S/C16H23N3O3/c1-13(15(20)22-2)17-16(21)19-10-8-18(9-11-19)12-14-6-4-3-5-7-14/h3-7,13H,8-12H2,1-2H3,(H,17,21)/p+1/t13-/m0/s1. The van der Waals surface area contributed by atoms with Gasteiger partial charge in [0, 0.05) is 5.56 Å². The highest BCUT2D eigenvalue weighted by Crippen LogP contribution is 1.98. The van der Waals surface area contributed by atoms with E-state index in [1.807, 2.05) is 18.2 Å². The summed E-state index contributed by atoms with van der Waals surface area (Å²) in [4.78, 5) is 26.6. The molecule has 0 spiro atoms. The van der Waals surface area contributed by atoms with Gasteiger partial charge in [0.1, 0.15) is 12.6 Å². The number of quaternary nitrogens is 1. The van der Waals surface area contributed by atoms with Crippen molar-refractivity contribution in [1.82, 2.24) is 10.2 Å². The summed E-state index contributed by atoms with van der Waals surface area (Å²) in [5.74, 6) is -0.429. The third kappa shape index (κ3) is 4.46. The molecule has 120 valence electrons. The highest BCUT2D eigenvalue weighted by atomic mass is 16.5. The maximum atomic E-state index is 12.1. The second-order valence-electron chi connectivity index (χ2n) is 5.59. The predicted octanol–water partition coefficient (Wildman–Crippen LogP) is -0.342. The first kappa shape index (κ1) is 16.3. The molecule has 6 nitrogen and oxygen atoms in total. The van der Waals surface area contributed by atoms with Gasteiger partial charge in [-0.05, 0) is 6.92 Å². The number of methoxy groups -OCH3 is 1. The second-order valence-corrected chi connectivity index (χ2v) is 5.59. The van der Waals surface area contributed by atoms with Crippen LogP contribution in [0.4, 0.5) is 4.79 Å². The predicted molar refractivity (Wildman–Crippen MR) is 82.4 cm³/mol. The molecule has 2 rings (SSSR count). The van der Waals surface area contributed by atoms with Crippen molar-refractivity contribution in [2.24, 2.45) is 0 Å². The Morgan fingerprint density at radius 3 is 2.50 bits per heavy atom. The molecule has 1 atom stereocenters. The number of rotatable bonds is 4. The summed E-state index contributed by atoms with van der Waals surface area (Å²) in [6.07, 6.45) is 0. The van der Waals surface area contributed by atoms with Gasteiger partial charge in [0.15, 0.2) is 0 Å². The molecule has 1 heterocycles. The molecule has 2 amide bonds. The van der Waals surface area contributed by atoms with E-state index in [9.17, 15) is 9.59 Å². The van der Waals surface area contributed by atoms with E-state index in [0.717, 1.165) is 19.6 Å². The minimum Gasteiger partial charge on any atom is -0.467 e. The van der Waals surface area contributed by atoms with E-state index in [1.54, 1.807) is 11.8 Å². The topological polar surface area (TPSA) is 63.1 Å². The first-order valence-electron chi connectivity index (χ1n) is 7.61. The monoisotopic (exact) mass is 306 g/mol. The fraction of sp³-hybridized carbons (Fsp3) is 0.500. The Morgan fingerprint density at radius 1 is 1.27 bits per heavy atom. The zero-order valence-corrected chi connectivity index (χ0v) is 13.2. The number of nitrogens with one attached hydrogen (secondary N) is 2. The Morgan fingerprint density at radius 2 is 1.91 bits per heavy atom. The van der Waals surface area contributed by atoms with E-state index < -0.39 is 12.0 Å². The molecule has 1 aromatic carbocycles. The lowest BCUT2D eigenvalue weighted by Gasteiger charge is -2.32. The van der Waals surface area contributed by atoms with Crippen LogP contribution >= 0.6 is 0 Å². The largest absolute Gasteiger partial charge is 0.467 e. The number of carbonyl (C=O) groups is 2. The average molecular weight is 306 g/mol. The van der Waals surface area contributed by atoms with Crippen molar-refractivity contribution >= 4 is 12.0 Å². The number of urea groups is 1. The van der Waals surface area contributed by atoms with Crippen molar-refractivity contribution in [3.63, 3.8) is 0 Å². The maximum absolute atomic E-state index is 12.1. The minimum atomic E-state index is -0.618. The molecular weight excluding hydrogens is 282 g/mol. The molecule has 1 fully saturated rings. The molecule has 1 aromatic rings. The van der Waals surface area contributed by atoms with Crippen LogP contribution in [-0.2, 0) is 16.1 Å². The first-order chi connectivity index (χ1) is 10.6. The summed E-state index contributed by atoms with van der Waals surface area (Å²) in [5, 5.41) is 2.67. The molecule has 1 aliphatic heterocycles. The molecule has 1 saturated heterocycles. The molecule has 0 radical (unpaired) electrons. The summed E-state index contributed by atoms with van der Waals surface area (Å²) in [5.41, 5.74) is 1.31. The molecule has 22 heavy (non-hydrogen) atoms. The Bertz CT molecular complexity index is 499. The number of amides is 2. The van der Waals surface area contributed by atoms with E-state index in [4.69, 9.17) is 0 Å². The van der Waals surface area contributed by atoms with E-state index >= 15 is 0 Å². The molecule has 0 saturated carbocycles. The van der Waals surface area contributed by atoms with Gasteiger partial charge in [-0.15, -0.1) is 0 Å². The molecule has 0 aliphatic carbocycles. The Balaban J connectivity index is 1.77. The van der Waals surface area contributed by atoms with Crippen LogP contribution in [0.15, 0.2) is 30.3 Å². The number of carbonyl (C=O) groups excluding carboxylic acids is 2. The van der Waals surface area contributed by atoms with Crippen LogP contribution in [-0.4, -0.2) is 56.2 Å². The second kappa shape index (κ2) is 7.79. The van der Waals surface area contributed by atoms with Gasteiger partial charge in [0.25, 0.3) is 0 Å². The first-order valence-corrected chi connectivity index (χ1v) is 7.61. The number of piperazine rings is 1. The third-order valence-corrected chi connectivity index (χ3v) is 3.95. The Labute approximate surface area is 131 Å². The summed E-state index contributed by atoms with van der Waals surface area (Å²) in [7, 11) is 1.32. The van der Waals surface area contributed by atoms with Gasteiger partial charge in [-0.2, -0.15) is 0 Å². The third-order valence-electron chi connectivity index (χ3n) is 3.95. The van der Waals surface area contributed by atoms with Crippen LogP contribution < -0.4 is 10.2 Å². The van der Waals surface area contributed by atoms with Gasteiger partial charge in [-0.3, -0.25) is 0 Å². The molecule has 2 N–H and O–H groups in total. The van der Waals surface area contributed by atoms with Gasteiger partial charge in [0.2, 0.25) is 0 Å². The van der Waals surface area contributed by atoms with Crippen molar-refractivity contribution < 1.29 is 19.2 Å². The normalized spacial score (nSPS) is 16.9. The fourth-order valence-corrected chi connectivity index (χ4v) is 2.60. The number of benzene rings is 1. The summed E-state index contributed by atoms with van der Waals surface area (Å²) in [6, 6.07) is 9.56. The number of ether oxygens (including phenoxy) is 1. The van der Waals surface area contributed by atoms with Crippen LogP contribution in [0.5, 0.6) is 0 Å². The Kier molecular flexibility index (Phi) is 5.77. The van der Waals surface area contributed by atoms with Crippen molar-refractivity contribution in [3.8, 4) is 0 Å². The van der Waals surface area contributed by atoms with E-state index in [2.05, 4.69) is 22.2 Å². The van der Waals surface area contributed by atoms with Crippen LogP contribution in [0.3, 0.4) is 0 Å². The molecule has 1 aliphatic rings. The smallest absolute Gasteiger partial charge is 0.328 e. The molecule has 0 bridgehead atoms. The zero-order valence-electron chi connectivity index (χ0n) is 13.2. The number of esters is 1. The Hall–Kier alpha value is -2.08. The fourth-order valence-electron chi connectivity index (χ4n) is 2.60. The van der Waals surface area contributed by atoms with Crippen molar-refractivity contribution in [2.45, 2.75) is 19.5 Å². The summed E-state index contributed by atoms with van der Waals surface area (Å²) < 4.78 is 4.61. The van der Waals surface area contributed by atoms with E-state index in [-0.39, 0.29) is 6.03 Å². The van der Waals surface area contributed by atoms with Gasteiger partial charge >= 0.3 is 12.0 Å². The van der Waals surface area contributed by atoms with Crippen molar-refractivity contribution in [1.29, 1.82) is 0 Å². The van der Waals surface area contributed by atoms with Crippen molar-refractivity contribution in [3.05, 3.63) is 35.9 Å². The summed E-state index contributed by atoms with van der Waals surface area (Å²) >= 11 is 0. The van der Waals surface area contributed by atoms with Crippen LogP contribution in [0.1, 0.15) is 12.5 Å². The number of hydrogen-bond donors (Lipinski definition) is 2. The SMILES string of the molecule is COC(=O)[C@H](C)NC(=O)N1CC[NH+](Cc2ccccc2)CC1. The average Bonchev–Trinajstić information content (AvgIpc) is 2.55. The van der Waals surface area contributed by atoms with E-state index in [0.29, 0.717) is 13.1 Å². The van der Waals surface area contributed by atoms with Crippen molar-refractivity contribution in [2.75, 3.05) is 33.3 Å². The van der Waals surface area contributed by atoms with Crippen LogP contribution in [0.2, 0.25) is 0 Å².